The molecule has 1 aromatic heterocycles. The number of thiophene rings is 1. The first-order chi connectivity index (χ1) is 9.51. The molecular weight excluding hydrogens is 280 g/mol. The Hall–Kier alpha value is -1.44. The standard InChI is InChI=1S/C13H18N2O4S/c1-15-6-8(5-10(15)13(17)18)14-12(16)11-4-3-9(20-11)7-19-2/h3-4,8,10H,5-7H2,1-2H3,(H,14,16)(H,17,18)/t8-,10+/m1/s1. The van der Waals surface area contributed by atoms with Gasteiger partial charge in [-0.25, -0.2) is 0 Å². The number of nitrogens with zero attached hydrogens (tertiary/aromatic N) is 1. The summed E-state index contributed by atoms with van der Waals surface area (Å²) >= 11 is 1.39. The van der Waals surface area contributed by atoms with Crippen LogP contribution >= 0.6 is 11.3 Å². The van der Waals surface area contributed by atoms with Gasteiger partial charge in [0.2, 0.25) is 0 Å². The fourth-order valence-corrected chi connectivity index (χ4v) is 3.25. The highest BCUT2D eigenvalue weighted by Gasteiger charge is 2.35. The van der Waals surface area contributed by atoms with Crippen molar-refractivity contribution in [2.75, 3.05) is 20.7 Å². The number of amides is 1. The van der Waals surface area contributed by atoms with Gasteiger partial charge < -0.3 is 15.2 Å². The highest BCUT2D eigenvalue weighted by molar-refractivity contribution is 7.14. The fraction of sp³-hybridized carbons (Fsp3) is 0.538. The summed E-state index contributed by atoms with van der Waals surface area (Å²) in [5.41, 5.74) is 0. The quantitative estimate of drug-likeness (QED) is 0.840. The van der Waals surface area contributed by atoms with Crippen molar-refractivity contribution >= 4 is 23.2 Å². The van der Waals surface area contributed by atoms with Gasteiger partial charge in [0.1, 0.15) is 6.04 Å². The van der Waals surface area contributed by atoms with Gasteiger partial charge in [0.05, 0.1) is 11.5 Å². The number of likely N-dealkylation sites (tertiary alicyclic amines) is 1. The molecule has 1 aliphatic heterocycles. The van der Waals surface area contributed by atoms with Crippen LogP contribution in [0.2, 0.25) is 0 Å². The van der Waals surface area contributed by atoms with E-state index in [1.807, 2.05) is 6.07 Å². The summed E-state index contributed by atoms with van der Waals surface area (Å²) in [4.78, 5) is 26.5. The Bertz CT molecular complexity index is 502. The number of ether oxygens (including phenoxy) is 1. The highest BCUT2D eigenvalue weighted by Crippen LogP contribution is 2.20. The summed E-state index contributed by atoms with van der Waals surface area (Å²) in [6.07, 6.45) is 0.438. The number of carboxylic acids is 1. The second kappa shape index (κ2) is 6.34. The van der Waals surface area contributed by atoms with E-state index in [9.17, 15) is 9.59 Å². The van der Waals surface area contributed by atoms with Gasteiger partial charge in [-0.3, -0.25) is 14.5 Å². The molecule has 20 heavy (non-hydrogen) atoms. The van der Waals surface area contributed by atoms with E-state index in [2.05, 4.69) is 5.32 Å². The van der Waals surface area contributed by atoms with E-state index < -0.39 is 12.0 Å². The summed E-state index contributed by atoms with van der Waals surface area (Å²) in [6.45, 7) is 1.05. The molecule has 2 heterocycles. The van der Waals surface area contributed by atoms with Gasteiger partial charge in [-0.1, -0.05) is 0 Å². The molecule has 2 N–H and O–H groups in total. The van der Waals surface area contributed by atoms with E-state index in [1.165, 1.54) is 11.3 Å². The first-order valence-corrected chi connectivity index (χ1v) is 7.14. The normalized spacial score (nSPS) is 22.9. The van der Waals surface area contributed by atoms with Crippen molar-refractivity contribution in [2.24, 2.45) is 0 Å². The highest BCUT2D eigenvalue weighted by atomic mass is 32.1. The number of aliphatic carboxylic acids is 1. The number of carboxylic acid groups (broad SMARTS) is 1. The van der Waals surface area contributed by atoms with Gasteiger partial charge in [0, 0.05) is 24.6 Å². The molecule has 1 fully saturated rings. The maximum absolute atomic E-state index is 12.1. The molecule has 0 aromatic carbocycles. The molecule has 1 aliphatic rings. The summed E-state index contributed by atoms with van der Waals surface area (Å²) in [5.74, 6) is -0.996. The molecule has 0 spiro atoms. The Balaban J connectivity index is 1.93. The van der Waals surface area contributed by atoms with E-state index in [0.717, 1.165) is 4.88 Å². The molecule has 1 aromatic rings. The van der Waals surface area contributed by atoms with Crippen molar-refractivity contribution in [3.63, 3.8) is 0 Å². The Kier molecular flexibility index (Phi) is 4.74. The summed E-state index contributed by atoms with van der Waals surface area (Å²) in [7, 11) is 3.37. The molecular formula is C13H18N2O4S. The maximum Gasteiger partial charge on any atom is 0.320 e. The first-order valence-electron chi connectivity index (χ1n) is 6.32. The Labute approximate surface area is 121 Å². The number of carbonyl (C=O) groups is 2. The number of likely N-dealkylation sites (N-methyl/N-ethyl adjacent to an activating group) is 1. The lowest BCUT2D eigenvalue weighted by molar-refractivity contribution is -0.141. The molecule has 0 bridgehead atoms. The minimum Gasteiger partial charge on any atom is -0.480 e. The SMILES string of the molecule is COCc1ccc(C(=O)N[C@@H]2C[C@@H](C(=O)O)N(C)C2)s1. The van der Waals surface area contributed by atoms with Crippen LogP contribution < -0.4 is 5.32 Å². The first kappa shape index (κ1) is 15.0. The Morgan fingerprint density at radius 2 is 2.30 bits per heavy atom. The Morgan fingerprint density at radius 3 is 2.90 bits per heavy atom. The predicted octanol–water partition coefficient (Wildman–Crippen LogP) is 0.782. The predicted molar refractivity (Wildman–Crippen MR) is 75.0 cm³/mol. The zero-order valence-corrected chi connectivity index (χ0v) is 12.3. The van der Waals surface area contributed by atoms with Crippen molar-refractivity contribution in [3.05, 3.63) is 21.9 Å². The molecule has 7 heteroatoms. The van der Waals surface area contributed by atoms with Gasteiger partial charge in [0.15, 0.2) is 0 Å². The monoisotopic (exact) mass is 298 g/mol. The van der Waals surface area contributed by atoms with Gasteiger partial charge >= 0.3 is 5.97 Å². The number of hydrogen-bond donors (Lipinski definition) is 2. The molecule has 0 unspecified atom stereocenters. The fourth-order valence-electron chi connectivity index (χ4n) is 2.37. The van der Waals surface area contributed by atoms with Crippen molar-refractivity contribution in [1.82, 2.24) is 10.2 Å². The van der Waals surface area contributed by atoms with Crippen LogP contribution in [-0.2, 0) is 16.1 Å². The topological polar surface area (TPSA) is 78.9 Å². The third-order valence-corrected chi connectivity index (χ3v) is 4.40. The number of carbonyl (C=O) groups excluding carboxylic acids is 1. The van der Waals surface area contributed by atoms with Gasteiger partial charge in [-0.2, -0.15) is 0 Å². The van der Waals surface area contributed by atoms with E-state index in [0.29, 0.717) is 24.4 Å². The average molecular weight is 298 g/mol. The van der Waals surface area contributed by atoms with Crippen molar-refractivity contribution in [3.8, 4) is 0 Å². The van der Waals surface area contributed by atoms with E-state index in [4.69, 9.17) is 9.84 Å². The molecule has 2 rings (SSSR count). The van der Waals surface area contributed by atoms with E-state index >= 15 is 0 Å². The summed E-state index contributed by atoms with van der Waals surface area (Å²) < 4.78 is 5.02. The zero-order chi connectivity index (χ0) is 14.7. The number of nitrogens with one attached hydrogen (secondary N) is 1. The molecule has 2 atom stereocenters. The Morgan fingerprint density at radius 1 is 1.55 bits per heavy atom. The van der Waals surface area contributed by atoms with Crippen LogP contribution in [0.25, 0.3) is 0 Å². The lowest BCUT2D eigenvalue weighted by Crippen LogP contribution is -2.36. The van der Waals surface area contributed by atoms with Crippen LogP contribution in [0, 0.1) is 0 Å². The third-order valence-electron chi connectivity index (χ3n) is 3.34. The largest absolute Gasteiger partial charge is 0.480 e. The third kappa shape index (κ3) is 3.36. The molecule has 110 valence electrons. The summed E-state index contributed by atoms with van der Waals surface area (Å²) in [6, 6.07) is 2.99. The van der Waals surface area contributed by atoms with Crippen LogP contribution in [0.5, 0.6) is 0 Å². The molecule has 0 saturated carbocycles. The lowest BCUT2D eigenvalue weighted by Gasteiger charge is -2.13. The minimum absolute atomic E-state index is 0.124. The summed E-state index contributed by atoms with van der Waals surface area (Å²) in [5, 5.41) is 11.9. The van der Waals surface area contributed by atoms with Crippen molar-refractivity contribution < 1.29 is 19.4 Å². The van der Waals surface area contributed by atoms with E-state index in [-0.39, 0.29) is 11.9 Å². The average Bonchev–Trinajstić information content (AvgIpc) is 2.97. The molecule has 1 amide bonds. The molecule has 0 radical (unpaired) electrons. The number of methoxy groups -OCH3 is 1. The lowest BCUT2D eigenvalue weighted by atomic mass is 10.1. The van der Waals surface area contributed by atoms with Crippen LogP contribution in [-0.4, -0.2) is 54.7 Å². The van der Waals surface area contributed by atoms with Gasteiger partial charge in [0.25, 0.3) is 5.91 Å². The number of rotatable bonds is 5. The zero-order valence-electron chi connectivity index (χ0n) is 11.5. The number of hydrogen-bond acceptors (Lipinski definition) is 5. The van der Waals surface area contributed by atoms with Crippen LogP contribution in [0.1, 0.15) is 21.0 Å². The van der Waals surface area contributed by atoms with Crippen molar-refractivity contribution in [2.45, 2.75) is 25.1 Å². The molecule has 6 nitrogen and oxygen atoms in total. The van der Waals surface area contributed by atoms with Gasteiger partial charge in [-0.05, 0) is 25.6 Å². The van der Waals surface area contributed by atoms with Crippen LogP contribution in [0.3, 0.4) is 0 Å². The van der Waals surface area contributed by atoms with Crippen molar-refractivity contribution in [1.29, 1.82) is 0 Å². The van der Waals surface area contributed by atoms with E-state index in [1.54, 1.807) is 25.1 Å². The second-order valence-electron chi connectivity index (χ2n) is 4.90. The van der Waals surface area contributed by atoms with Crippen LogP contribution in [0.15, 0.2) is 12.1 Å². The van der Waals surface area contributed by atoms with Gasteiger partial charge in [-0.15, -0.1) is 11.3 Å². The minimum atomic E-state index is -0.845. The second-order valence-corrected chi connectivity index (χ2v) is 6.07. The smallest absolute Gasteiger partial charge is 0.320 e. The molecule has 0 aliphatic carbocycles. The maximum atomic E-state index is 12.1. The molecule has 1 saturated heterocycles. The van der Waals surface area contributed by atoms with Crippen LogP contribution in [0.4, 0.5) is 0 Å².